The van der Waals surface area contributed by atoms with E-state index in [2.05, 4.69) is 11.4 Å². The molecule has 8 nitrogen and oxygen atoms in total. The lowest BCUT2D eigenvalue weighted by Gasteiger charge is -2.28. The average Bonchev–Trinajstić information content (AvgIpc) is 3.00. The Bertz CT molecular complexity index is 1460. The van der Waals surface area contributed by atoms with E-state index < -0.39 is 21.6 Å². The van der Waals surface area contributed by atoms with Crippen LogP contribution in [-0.2, 0) is 32.6 Å². The number of nitrogens with two attached hydrogens (primary N) is 2. The molecule has 38 heavy (non-hydrogen) atoms. The predicted octanol–water partition coefficient (Wildman–Crippen LogP) is 3.42. The van der Waals surface area contributed by atoms with Crippen molar-refractivity contribution in [1.29, 1.82) is 0 Å². The molecule has 0 aromatic heterocycles. The number of nitrogens with zero attached hydrogens (tertiary/aromatic N) is 1. The van der Waals surface area contributed by atoms with Gasteiger partial charge in [0.05, 0.1) is 17.0 Å². The van der Waals surface area contributed by atoms with Gasteiger partial charge in [-0.25, -0.2) is 13.6 Å². The summed E-state index contributed by atoms with van der Waals surface area (Å²) in [5.41, 5.74) is 8.76. The van der Waals surface area contributed by atoms with Gasteiger partial charge >= 0.3 is 0 Å². The van der Waals surface area contributed by atoms with Gasteiger partial charge in [-0.2, -0.15) is 0 Å². The number of nitrogens with one attached hydrogen (secondary N) is 1. The number of anilines is 1. The highest BCUT2D eigenvalue weighted by atomic mass is 32.2. The Morgan fingerprint density at radius 2 is 1.79 bits per heavy atom. The number of hydrogen-bond acceptors (Lipinski definition) is 6. The molecular formula is C28H32N4O4S2. The van der Waals surface area contributed by atoms with Crippen LogP contribution in [0.1, 0.15) is 31.4 Å². The van der Waals surface area contributed by atoms with E-state index in [0.29, 0.717) is 24.0 Å². The monoisotopic (exact) mass is 552 g/mol. The van der Waals surface area contributed by atoms with E-state index >= 15 is 0 Å². The fraction of sp³-hybridized carbons (Fsp3) is 0.286. The molecule has 10 heteroatoms. The number of thioether (sulfide) groups is 1. The third-order valence-electron chi connectivity index (χ3n) is 6.53. The van der Waals surface area contributed by atoms with Crippen LogP contribution in [0.2, 0.25) is 0 Å². The lowest BCUT2D eigenvalue weighted by molar-refractivity contribution is -0.130. The van der Waals surface area contributed by atoms with E-state index in [4.69, 9.17) is 10.9 Å². The smallest absolute Gasteiger partial charge is 0.249 e. The van der Waals surface area contributed by atoms with Crippen LogP contribution in [-0.4, -0.2) is 38.1 Å². The summed E-state index contributed by atoms with van der Waals surface area (Å²) in [6, 6.07) is 19.2. The minimum Gasteiger partial charge on any atom is -0.343 e. The maximum atomic E-state index is 13.8. The van der Waals surface area contributed by atoms with Gasteiger partial charge in [0.2, 0.25) is 21.8 Å². The Balaban J connectivity index is 1.67. The summed E-state index contributed by atoms with van der Waals surface area (Å²) >= 11 is 1.63. The average molecular weight is 553 g/mol. The maximum absolute atomic E-state index is 13.8. The van der Waals surface area contributed by atoms with Gasteiger partial charge in [-0.05, 0) is 73.9 Å². The van der Waals surface area contributed by atoms with Gasteiger partial charge in [-0.3, -0.25) is 9.59 Å². The van der Waals surface area contributed by atoms with Crippen LogP contribution < -0.4 is 21.1 Å². The minimum absolute atomic E-state index is 0.0513. The normalized spacial score (nSPS) is 16.1. The number of rotatable bonds is 7. The van der Waals surface area contributed by atoms with E-state index in [9.17, 15) is 18.0 Å². The van der Waals surface area contributed by atoms with E-state index in [1.807, 2.05) is 42.7 Å². The van der Waals surface area contributed by atoms with Gasteiger partial charge in [-0.1, -0.05) is 42.5 Å². The number of hydrogen-bond donors (Lipinski definition) is 3. The molecule has 1 heterocycles. The molecule has 1 atom stereocenters. The number of primary sulfonamides is 1. The second kappa shape index (κ2) is 10.9. The maximum Gasteiger partial charge on any atom is 0.249 e. The van der Waals surface area contributed by atoms with Crippen LogP contribution in [0.5, 0.6) is 0 Å². The number of carbonyl (C=O) groups excluding carboxylic acids is 2. The predicted molar refractivity (Wildman–Crippen MR) is 151 cm³/mol. The molecule has 1 aliphatic rings. The van der Waals surface area contributed by atoms with Crippen molar-refractivity contribution in [1.82, 2.24) is 5.32 Å². The summed E-state index contributed by atoms with van der Waals surface area (Å²) in [6.07, 6.45) is 3.10. The molecule has 0 unspecified atom stereocenters. The summed E-state index contributed by atoms with van der Waals surface area (Å²) in [7, 11) is -3.89. The van der Waals surface area contributed by atoms with Crippen LogP contribution in [0, 0.1) is 0 Å². The van der Waals surface area contributed by atoms with Gasteiger partial charge < -0.3 is 16.0 Å². The molecule has 0 fully saturated rings. The van der Waals surface area contributed by atoms with Crippen LogP contribution in [0.4, 0.5) is 5.69 Å². The van der Waals surface area contributed by atoms with Gasteiger partial charge in [0.1, 0.15) is 6.04 Å². The Morgan fingerprint density at radius 1 is 1.11 bits per heavy atom. The molecule has 3 aromatic carbocycles. The van der Waals surface area contributed by atoms with E-state index in [-0.39, 0.29) is 23.3 Å². The lowest BCUT2D eigenvalue weighted by atomic mass is 10.0. The summed E-state index contributed by atoms with van der Waals surface area (Å²) in [4.78, 5) is 29.2. The molecule has 5 N–H and O–H groups in total. The molecule has 1 aliphatic heterocycles. The van der Waals surface area contributed by atoms with Gasteiger partial charge in [0, 0.05) is 16.1 Å². The Morgan fingerprint density at radius 3 is 2.42 bits per heavy atom. The number of sulfonamides is 1. The zero-order valence-electron chi connectivity index (χ0n) is 21.6. The minimum atomic E-state index is -3.89. The topological polar surface area (TPSA) is 136 Å². The molecule has 0 saturated carbocycles. The van der Waals surface area contributed by atoms with Crippen LogP contribution >= 0.6 is 11.8 Å². The highest BCUT2D eigenvalue weighted by Gasteiger charge is 2.34. The fourth-order valence-electron chi connectivity index (χ4n) is 4.45. The first-order chi connectivity index (χ1) is 17.9. The Labute approximate surface area is 227 Å². The number of fused-ring (bicyclic) bond motifs is 1. The van der Waals surface area contributed by atoms with Crippen molar-refractivity contribution >= 4 is 39.3 Å². The molecule has 0 bridgehead atoms. The third-order valence-corrected chi connectivity index (χ3v) is 8.23. The largest absolute Gasteiger partial charge is 0.343 e. The standard InChI is InChI=1S/C28H32N4O4S2/c1-28(2,29)27(34)31-23-14-12-20-16-21(37-3)13-15-24(20)32(26(23)33)17-18-8-10-19(11-9-18)22-6-4-5-7-25(22)38(30,35)36/h4-11,13,15-16,23H,12,14,17,29H2,1-3H3,(H,31,34)(H2,30,35,36)/t23-/m1/s1. The lowest BCUT2D eigenvalue weighted by Crippen LogP contribution is -2.56. The molecule has 0 radical (unpaired) electrons. The fourth-order valence-corrected chi connectivity index (χ4v) is 5.67. The summed E-state index contributed by atoms with van der Waals surface area (Å²) in [5, 5.41) is 8.26. The third kappa shape index (κ3) is 6.10. The number of carbonyl (C=O) groups is 2. The molecule has 2 amide bonds. The van der Waals surface area contributed by atoms with Crippen LogP contribution in [0.25, 0.3) is 11.1 Å². The molecule has 0 aliphatic carbocycles. The van der Waals surface area contributed by atoms with Gasteiger partial charge in [0.15, 0.2) is 0 Å². The quantitative estimate of drug-likeness (QED) is 0.384. The molecule has 0 saturated heterocycles. The van der Waals surface area contributed by atoms with Crippen LogP contribution in [0.3, 0.4) is 0 Å². The Kier molecular flexibility index (Phi) is 7.98. The van der Waals surface area contributed by atoms with Crippen molar-refractivity contribution in [2.75, 3.05) is 11.2 Å². The Hall–Kier alpha value is -3.18. The first-order valence-electron chi connectivity index (χ1n) is 12.2. The van der Waals surface area contributed by atoms with Crippen molar-refractivity contribution in [3.63, 3.8) is 0 Å². The SMILES string of the molecule is CSc1ccc2c(c1)CC[C@@H](NC(=O)C(C)(C)N)C(=O)N2Cc1ccc(-c2ccccc2S(N)(=O)=O)cc1. The number of benzene rings is 3. The summed E-state index contributed by atoms with van der Waals surface area (Å²) in [5.74, 6) is -0.591. The number of aryl methyl sites for hydroxylation is 1. The molecule has 3 aromatic rings. The zero-order chi connectivity index (χ0) is 27.7. The van der Waals surface area contributed by atoms with Crippen molar-refractivity contribution in [2.24, 2.45) is 10.9 Å². The first-order valence-corrected chi connectivity index (χ1v) is 14.9. The second-order valence-electron chi connectivity index (χ2n) is 9.94. The molecule has 200 valence electrons. The van der Waals surface area contributed by atoms with Gasteiger partial charge in [0.25, 0.3) is 0 Å². The molecular weight excluding hydrogens is 520 g/mol. The highest BCUT2D eigenvalue weighted by Crippen LogP contribution is 2.33. The van der Waals surface area contributed by atoms with E-state index in [1.165, 1.54) is 6.07 Å². The highest BCUT2D eigenvalue weighted by molar-refractivity contribution is 7.98. The number of amides is 2. The van der Waals surface area contributed by atoms with Crippen molar-refractivity contribution in [2.45, 2.75) is 54.6 Å². The van der Waals surface area contributed by atoms with Crippen LogP contribution in [0.15, 0.2) is 76.5 Å². The van der Waals surface area contributed by atoms with E-state index in [0.717, 1.165) is 21.7 Å². The summed E-state index contributed by atoms with van der Waals surface area (Å²) < 4.78 is 24.1. The van der Waals surface area contributed by atoms with Crippen molar-refractivity contribution in [3.8, 4) is 11.1 Å². The molecule has 0 spiro atoms. The van der Waals surface area contributed by atoms with Gasteiger partial charge in [-0.15, -0.1) is 11.8 Å². The summed E-state index contributed by atoms with van der Waals surface area (Å²) in [6.45, 7) is 3.49. The van der Waals surface area contributed by atoms with Crippen molar-refractivity contribution < 1.29 is 18.0 Å². The van der Waals surface area contributed by atoms with Crippen molar-refractivity contribution in [3.05, 3.63) is 77.9 Å². The molecule has 4 rings (SSSR count). The van der Waals surface area contributed by atoms with E-state index in [1.54, 1.807) is 48.7 Å². The second-order valence-corrected chi connectivity index (χ2v) is 12.4. The zero-order valence-corrected chi connectivity index (χ0v) is 23.2. The first kappa shape index (κ1) is 27.8.